The summed E-state index contributed by atoms with van der Waals surface area (Å²) in [6.07, 6.45) is 1.12. The number of carboxylic acid groups (broad SMARTS) is 1. The molecule has 1 fully saturated rings. The summed E-state index contributed by atoms with van der Waals surface area (Å²) in [7, 11) is 0. The molecule has 90 valence electrons. The van der Waals surface area contributed by atoms with E-state index in [1.165, 1.54) is 5.56 Å². The van der Waals surface area contributed by atoms with Crippen molar-refractivity contribution in [1.82, 2.24) is 0 Å². The van der Waals surface area contributed by atoms with Crippen LogP contribution in [0.15, 0.2) is 54.6 Å². The van der Waals surface area contributed by atoms with Crippen LogP contribution in [-0.2, 0) is 0 Å². The topological polar surface area (TPSA) is 37.3 Å². The fourth-order valence-electron chi connectivity index (χ4n) is 2.53. The van der Waals surface area contributed by atoms with Crippen molar-refractivity contribution in [3.8, 4) is 0 Å². The van der Waals surface area contributed by atoms with Gasteiger partial charge in [-0.15, -0.1) is 0 Å². The lowest BCUT2D eigenvalue weighted by Crippen LogP contribution is -1.96. The summed E-state index contributed by atoms with van der Waals surface area (Å²) in [5.41, 5.74) is 2.87. The van der Waals surface area contributed by atoms with Gasteiger partial charge in [-0.2, -0.15) is 0 Å². The molecule has 0 spiro atoms. The van der Waals surface area contributed by atoms with Gasteiger partial charge < -0.3 is 5.11 Å². The van der Waals surface area contributed by atoms with Crippen molar-refractivity contribution in [1.29, 1.82) is 0 Å². The minimum Gasteiger partial charge on any atom is -0.478 e. The molecule has 0 aromatic heterocycles. The predicted molar refractivity (Wildman–Crippen MR) is 69.9 cm³/mol. The van der Waals surface area contributed by atoms with Crippen LogP contribution in [0, 0.1) is 0 Å². The molecule has 2 atom stereocenters. The van der Waals surface area contributed by atoms with Crippen molar-refractivity contribution in [2.24, 2.45) is 0 Å². The highest BCUT2D eigenvalue weighted by molar-refractivity contribution is 5.87. The Morgan fingerprint density at radius 1 is 0.944 bits per heavy atom. The van der Waals surface area contributed by atoms with Crippen LogP contribution in [0.2, 0.25) is 0 Å². The van der Waals surface area contributed by atoms with E-state index in [9.17, 15) is 4.79 Å². The largest absolute Gasteiger partial charge is 0.478 e. The number of hydrogen-bond acceptors (Lipinski definition) is 1. The number of hydrogen-bond donors (Lipinski definition) is 1. The average molecular weight is 238 g/mol. The van der Waals surface area contributed by atoms with Crippen LogP contribution in [0.5, 0.6) is 0 Å². The molecule has 0 amide bonds. The molecule has 18 heavy (non-hydrogen) atoms. The third-order valence-electron chi connectivity index (χ3n) is 3.58. The zero-order valence-electron chi connectivity index (χ0n) is 9.91. The van der Waals surface area contributed by atoms with Gasteiger partial charge in [-0.3, -0.25) is 0 Å². The second-order valence-corrected chi connectivity index (χ2v) is 4.79. The maximum absolute atomic E-state index is 10.9. The van der Waals surface area contributed by atoms with Gasteiger partial charge in [0.2, 0.25) is 0 Å². The summed E-state index contributed by atoms with van der Waals surface area (Å²) in [6.45, 7) is 0. The molecule has 1 saturated carbocycles. The quantitative estimate of drug-likeness (QED) is 0.886. The van der Waals surface area contributed by atoms with E-state index in [4.69, 9.17) is 5.11 Å². The van der Waals surface area contributed by atoms with E-state index in [1.807, 2.05) is 18.2 Å². The minimum absolute atomic E-state index is 0.381. The number of rotatable bonds is 3. The Morgan fingerprint density at radius 3 is 2.33 bits per heavy atom. The summed E-state index contributed by atoms with van der Waals surface area (Å²) >= 11 is 0. The number of carbonyl (C=O) groups is 1. The first-order chi connectivity index (χ1) is 8.75. The van der Waals surface area contributed by atoms with Gasteiger partial charge in [-0.25, -0.2) is 4.79 Å². The van der Waals surface area contributed by atoms with Crippen molar-refractivity contribution < 1.29 is 9.90 Å². The van der Waals surface area contributed by atoms with Crippen molar-refractivity contribution in [3.63, 3.8) is 0 Å². The summed E-state index contributed by atoms with van der Waals surface area (Å²) in [5, 5.41) is 8.99. The van der Waals surface area contributed by atoms with Crippen LogP contribution >= 0.6 is 0 Å². The summed E-state index contributed by atoms with van der Waals surface area (Å²) < 4.78 is 0. The molecule has 0 bridgehead atoms. The van der Waals surface area contributed by atoms with Crippen LogP contribution in [0.25, 0.3) is 0 Å². The summed E-state index contributed by atoms with van der Waals surface area (Å²) in [6, 6.07) is 17.7. The van der Waals surface area contributed by atoms with Crippen LogP contribution < -0.4 is 0 Å². The van der Waals surface area contributed by atoms with Gasteiger partial charge in [0.05, 0.1) is 5.56 Å². The molecule has 0 aliphatic heterocycles. The molecule has 2 nitrogen and oxygen atoms in total. The Labute approximate surface area is 106 Å². The smallest absolute Gasteiger partial charge is 0.335 e. The lowest BCUT2D eigenvalue weighted by molar-refractivity contribution is 0.0697. The molecular weight excluding hydrogens is 224 g/mol. The highest BCUT2D eigenvalue weighted by Crippen LogP contribution is 2.54. The van der Waals surface area contributed by atoms with Crippen LogP contribution in [0.3, 0.4) is 0 Å². The number of benzene rings is 2. The molecule has 1 N–H and O–H groups in total. The van der Waals surface area contributed by atoms with Gasteiger partial charge in [0, 0.05) is 0 Å². The Morgan fingerprint density at radius 2 is 1.61 bits per heavy atom. The fourth-order valence-corrected chi connectivity index (χ4v) is 2.53. The predicted octanol–water partition coefficient (Wildman–Crippen LogP) is 3.66. The standard InChI is InChI=1S/C16H14O2/c17-16(18)13-8-4-7-12(9-13)15-10-14(15)11-5-2-1-3-6-11/h1-9,14-15H,10H2,(H,17,18)/t14-,15+/m1/s1. The van der Waals surface area contributed by atoms with Crippen LogP contribution in [-0.4, -0.2) is 11.1 Å². The summed E-state index contributed by atoms with van der Waals surface area (Å²) in [4.78, 5) is 10.9. The lowest BCUT2D eigenvalue weighted by atomic mass is 10.0. The number of carboxylic acids is 1. The van der Waals surface area contributed by atoms with Crippen molar-refractivity contribution in [2.45, 2.75) is 18.3 Å². The van der Waals surface area contributed by atoms with Gasteiger partial charge in [0.1, 0.15) is 0 Å². The average Bonchev–Trinajstić information content (AvgIpc) is 3.20. The first-order valence-electron chi connectivity index (χ1n) is 6.14. The molecule has 3 rings (SSSR count). The Kier molecular flexibility index (Phi) is 2.63. The third-order valence-corrected chi connectivity index (χ3v) is 3.58. The first-order valence-corrected chi connectivity index (χ1v) is 6.14. The Balaban J connectivity index is 1.82. The van der Waals surface area contributed by atoms with Crippen LogP contribution in [0.1, 0.15) is 39.7 Å². The molecule has 0 heterocycles. The summed E-state index contributed by atoms with van der Waals surface area (Å²) in [5.74, 6) is 0.177. The van der Waals surface area contributed by atoms with Gasteiger partial charge in [-0.1, -0.05) is 42.5 Å². The monoisotopic (exact) mass is 238 g/mol. The number of aromatic carboxylic acids is 1. The minimum atomic E-state index is -0.853. The molecule has 2 aromatic rings. The fraction of sp³-hybridized carbons (Fsp3) is 0.188. The maximum atomic E-state index is 10.9. The highest BCUT2D eigenvalue weighted by atomic mass is 16.4. The highest BCUT2D eigenvalue weighted by Gasteiger charge is 2.39. The molecule has 2 heteroatoms. The van der Waals surface area contributed by atoms with Gasteiger partial charge in [0.15, 0.2) is 0 Å². The zero-order valence-corrected chi connectivity index (χ0v) is 9.91. The van der Waals surface area contributed by atoms with E-state index in [2.05, 4.69) is 24.3 Å². The second kappa shape index (κ2) is 4.30. The van der Waals surface area contributed by atoms with E-state index in [0.717, 1.165) is 12.0 Å². The van der Waals surface area contributed by atoms with E-state index in [0.29, 0.717) is 17.4 Å². The van der Waals surface area contributed by atoms with Crippen molar-refractivity contribution in [3.05, 3.63) is 71.3 Å². The Hall–Kier alpha value is -2.09. The second-order valence-electron chi connectivity index (χ2n) is 4.79. The first kappa shape index (κ1) is 11.0. The van der Waals surface area contributed by atoms with E-state index in [-0.39, 0.29) is 0 Å². The van der Waals surface area contributed by atoms with Gasteiger partial charge in [0.25, 0.3) is 0 Å². The maximum Gasteiger partial charge on any atom is 0.335 e. The van der Waals surface area contributed by atoms with Gasteiger partial charge in [-0.05, 0) is 41.5 Å². The molecular formula is C16H14O2. The van der Waals surface area contributed by atoms with E-state index < -0.39 is 5.97 Å². The normalized spacial score (nSPS) is 21.6. The zero-order chi connectivity index (χ0) is 12.5. The van der Waals surface area contributed by atoms with E-state index in [1.54, 1.807) is 12.1 Å². The molecule has 1 aliphatic rings. The van der Waals surface area contributed by atoms with Crippen LogP contribution in [0.4, 0.5) is 0 Å². The lowest BCUT2D eigenvalue weighted by Gasteiger charge is -2.02. The molecule has 0 saturated heterocycles. The van der Waals surface area contributed by atoms with Gasteiger partial charge >= 0.3 is 5.97 Å². The molecule has 1 aliphatic carbocycles. The molecule has 2 aromatic carbocycles. The SMILES string of the molecule is O=C(O)c1cccc([C@@H]2C[C@@H]2c2ccccc2)c1. The Bertz CT molecular complexity index is 575. The molecule has 0 radical (unpaired) electrons. The third kappa shape index (κ3) is 2.02. The van der Waals surface area contributed by atoms with Crippen molar-refractivity contribution >= 4 is 5.97 Å². The van der Waals surface area contributed by atoms with E-state index >= 15 is 0 Å². The van der Waals surface area contributed by atoms with Crippen molar-refractivity contribution in [2.75, 3.05) is 0 Å². The molecule has 0 unspecified atom stereocenters.